The maximum atomic E-state index is 5.62. The summed E-state index contributed by atoms with van der Waals surface area (Å²) in [7, 11) is 0. The summed E-state index contributed by atoms with van der Waals surface area (Å²) in [6.45, 7) is 7.35. The Labute approximate surface area is 75.1 Å². The smallest absolute Gasteiger partial charge is 0.0966 e. The highest BCUT2D eigenvalue weighted by atomic mass is 16.5. The molecule has 0 aromatic carbocycles. The topological polar surface area (TPSA) is 9.23 Å². The van der Waals surface area contributed by atoms with Crippen LogP contribution in [-0.4, -0.2) is 12.7 Å². The van der Waals surface area contributed by atoms with E-state index >= 15 is 0 Å². The quantitative estimate of drug-likeness (QED) is 0.573. The zero-order valence-corrected chi connectivity index (χ0v) is 8.26. The molecule has 0 unspecified atom stereocenters. The van der Waals surface area contributed by atoms with E-state index in [4.69, 9.17) is 4.74 Å². The van der Waals surface area contributed by atoms with Crippen LogP contribution in [0.15, 0.2) is 23.3 Å². The van der Waals surface area contributed by atoms with Crippen molar-refractivity contribution in [2.24, 2.45) is 0 Å². The third-order valence-electron chi connectivity index (χ3n) is 2.20. The summed E-state index contributed by atoms with van der Waals surface area (Å²) in [5, 5.41) is 0. The van der Waals surface area contributed by atoms with E-state index in [1.165, 1.54) is 11.1 Å². The molecule has 1 heteroatoms. The third kappa shape index (κ3) is 2.49. The molecule has 12 heavy (non-hydrogen) atoms. The first kappa shape index (κ1) is 9.53. The first-order chi connectivity index (χ1) is 5.74. The van der Waals surface area contributed by atoms with E-state index < -0.39 is 0 Å². The van der Waals surface area contributed by atoms with Crippen molar-refractivity contribution in [2.45, 2.75) is 39.7 Å². The van der Waals surface area contributed by atoms with Gasteiger partial charge in [0.25, 0.3) is 0 Å². The number of hydrogen-bond acceptors (Lipinski definition) is 1. The second kappa shape index (κ2) is 4.46. The van der Waals surface area contributed by atoms with Gasteiger partial charge >= 0.3 is 0 Å². The average Bonchev–Trinajstić information content (AvgIpc) is 2.05. The highest BCUT2D eigenvalue weighted by Gasteiger charge is 2.12. The van der Waals surface area contributed by atoms with Gasteiger partial charge in [-0.05, 0) is 32.3 Å². The van der Waals surface area contributed by atoms with Gasteiger partial charge in [0.15, 0.2) is 0 Å². The molecule has 0 saturated heterocycles. The highest BCUT2D eigenvalue weighted by molar-refractivity contribution is 5.18. The van der Waals surface area contributed by atoms with Crippen LogP contribution in [0.2, 0.25) is 0 Å². The van der Waals surface area contributed by atoms with Crippen LogP contribution in [0.5, 0.6) is 0 Å². The zero-order valence-electron chi connectivity index (χ0n) is 8.26. The molecule has 0 saturated carbocycles. The van der Waals surface area contributed by atoms with E-state index in [2.05, 4.69) is 32.9 Å². The summed E-state index contributed by atoms with van der Waals surface area (Å²) in [5.41, 5.74) is 2.80. The minimum absolute atomic E-state index is 0.249. The number of ether oxygens (including phenoxy) is 1. The van der Waals surface area contributed by atoms with Crippen LogP contribution in [0.25, 0.3) is 0 Å². The van der Waals surface area contributed by atoms with Crippen molar-refractivity contribution in [3.8, 4) is 0 Å². The van der Waals surface area contributed by atoms with Gasteiger partial charge in [-0.1, -0.05) is 24.6 Å². The summed E-state index contributed by atoms with van der Waals surface area (Å²) in [5.74, 6) is 0. The molecule has 1 aliphatic heterocycles. The second-order valence-electron chi connectivity index (χ2n) is 3.41. The molecule has 1 rings (SSSR count). The Bertz CT molecular complexity index is 201. The Morgan fingerprint density at radius 1 is 1.75 bits per heavy atom. The van der Waals surface area contributed by atoms with E-state index in [0.717, 1.165) is 19.4 Å². The van der Waals surface area contributed by atoms with Crippen LogP contribution in [0.3, 0.4) is 0 Å². The first-order valence-electron chi connectivity index (χ1n) is 4.69. The maximum absolute atomic E-state index is 5.62. The van der Waals surface area contributed by atoms with Crippen LogP contribution < -0.4 is 0 Å². The predicted octanol–water partition coefficient (Wildman–Crippen LogP) is 3.08. The summed E-state index contributed by atoms with van der Waals surface area (Å²) < 4.78 is 5.62. The van der Waals surface area contributed by atoms with Crippen molar-refractivity contribution in [3.05, 3.63) is 23.3 Å². The van der Waals surface area contributed by atoms with E-state index in [0.29, 0.717) is 0 Å². The van der Waals surface area contributed by atoms with Gasteiger partial charge in [-0.2, -0.15) is 0 Å². The number of hydrogen-bond donors (Lipinski definition) is 0. The molecule has 0 spiro atoms. The Kier molecular flexibility index (Phi) is 3.54. The van der Waals surface area contributed by atoms with Crippen LogP contribution in [0.4, 0.5) is 0 Å². The largest absolute Gasteiger partial charge is 0.369 e. The van der Waals surface area contributed by atoms with Crippen LogP contribution >= 0.6 is 0 Å². The fourth-order valence-electron chi connectivity index (χ4n) is 1.44. The Balaban J connectivity index is 2.63. The number of rotatable bonds is 2. The lowest BCUT2D eigenvalue weighted by atomic mass is 10.0. The second-order valence-corrected chi connectivity index (χ2v) is 3.41. The van der Waals surface area contributed by atoms with Gasteiger partial charge in [-0.3, -0.25) is 0 Å². The van der Waals surface area contributed by atoms with E-state index in [1.54, 1.807) is 0 Å². The maximum Gasteiger partial charge on any atom is 0.0966 e. The van der Waals surface area contributed by atoms with Gasteiger partial charge in [0, 0.05) is 0 Å². The zero-order chi connectivity index (χ0) is 8.97. The molecule has 0 N–H and O–H groups in total. The average molecular weight is 166 g/mol. The van der Waals surface area contributed by atoms with Gasteiger partial charge < -0.3 is 4.74 Å². The van der Waals surface area contributed by atoms with Crippen molar-refractivity contribution >= 4 is 0 Å². The van der Waals surface area contributed by atoms with Gasteiger partial charge in [-0.25, -0.2) is 0 Å². The standard InChI is InChI=1S/C11H18O/c1-4-5-10(3)11-8-9(2)6-7-12-11/h5,8,11H,4,6-7H2,1-3H3/b10-5+/t11-/m1/s1. The van der Waals surface area contributed by atoms with Crippen LogP contribution in [0, 0.1) is 0 Å². The molecule has 68 valence electrons. The van der Waals surface area contributed by atoms with E-state index in [1.807, 2.05) is 0 Å². The molecule has 0 amide bonds. The predicted molar refractivity (Wildman–Crippen MR) is 52.2 cm³/mol. The molecular formula is C11H18O. The fraction of sp³-hybridized carbons (Fsp3) is 0.636. The van der Waals surface area contributed by atoms with Crippen LogP contribution in [-0.2, 0) is 4.74 Å². The van der Waals surface area contributed by atoms with Crippen molar-refractivity contribution in [2.75, 3.05) is 6.61 Å². The SMILES string of the molecule is CC/C=C(\C)[C@H]1C=C(C)CCO1. The molecule has 0 bridgehead atoms. The Morgan fingerprint density at radius 2 is 2.50 bits per heavy atom. The van der Waals surface area contributed by atoms with Crippen LogP contribution in [0.1, 0.15) is 33.6 Å². The highest BCUT2D eigenvalue weighted by Crippen LogP contribution is 2.18. The van der Waals surface area contributed by atoms with Crippen molar-refractivity contribution < 1.29 is 4.74 Å². The molecule has 1 heterocycles. The van der Waals surface area contributed by atoms with Crippen molar-refractivity contribution in [3.63, 3.8) is 0 Å². The summed E-state index contributed by atoms with van der Waals surface area (Å²) in [6.07, 6.45) is 6.90. The lowest BCUT2D eigenvalue weighted by Crippen LogP contribution is -2.17. The van der Waals surface area contributed by atoms with E-state index in [9.17, 15) is 0 Å². The summed E-state index contributed by atoms with van der Waals surface area (Å²) in [6, 6.07) is 0. The molecule has 0 aromatic heterocycles. The Morgan fingerprint density at radius 3 is 3.08 bits per heavy atom. The lowest BCUT2D eigenvalue weighted by molar-refractivity contribution is 0.0994. The van der Waals surface area contributed by atoms with E-state index in [-0.39, 0.29) is 6.10 Å². The molecule has 0 aliphatic carbocycles. The fourth-order valence-corrected chi connectivity index (χ4v) is 1.44. The van der Waals surface area contributed by atoms with Gasteiger partial charge in [0.2, 0.25) is 0 Å². The molecular weight excluding hydrogens is 148 g/mol. The molecule has 1 nitrogen and oxygen atoms in total. The molecule has 0 radical (unpaired) electrons. The van der Waals surface area contributed by atoms with Gasteiger partial charge in [0.1, 0.15) is 0 Å². The molecule has 0 aromatic rings. The van der Waals surface area contributed by atoms with Crippen molar-refractivity contribution in [1.29, 1.82) is 0 Å². The van der Waals surface area contributed by atoms with Crippen molar-refractivity contribution in [1.82, 2.24) is 0 Å². The van der Waals surface area contributed by atoms with Gasteiger partial charge in [0.05, 0.1) is 12.7 Å². The molecule has 1 atom stereocenters. The molecule has 0 fully saturated rings. The lowest BCUT2D eigenvalue weighted by Gasteiger charge is -2.21. The van der Waals surface area contributed by atoms with Gasteiger partial charge in [-0.15, -0.1) is 0 Å². The first-order valence-corrected chi connectivity index (χ1v) is 4.69. The minimum Gasteiger partial charge on any atom is -0.369 e. The Hall–Kier alpha value is -0.560. The normalized spacial score (nSPS) is 25.4. The minimum atomic E-state index is 0.249. The molecule has 1 aliphatic rings. The monoisotopic (exact) mass is 166 g/mol. The third-order valence-corrected chi connectivity index (χ3v) is 2.20. The summed E-state index contributed by atoms with van der Waals surface area (Å²) in [4.78, 5) is 0. The number of allylic oxidation sites excluding steroid dienone is 1. The summed E-state index contributed by atoms with van der Waals surface area (Å²) >= 11 is 0.